The molecule has 2 aliphatic heterocycles. The molecule has 4 fully saturated rings. The van der Waals surface area contributed by atoms with E-state index in [0.29, 0.717) is 61.3 Å². The zero-order valence-corrected chi connectivity index (χ0v) is 36.2. The Kier molecular flexibility index (Phi) is 16.1. The molecule has 330 valence electrons. The van der Waals surface area contributed by atoms with Crippen molar-refractivity contribution in [3.8, 4) is 11.1 Å². The van der Waals surface area contributed by atoms with E-state index in [0.717, 1.165) is 64.2 Å². The van der Waals surface area contributed by atoms with Crippen LogP contribution in [-0.4, -0.2) is 109 Å². The number of benzene rings is 2. The maximum Gasteiger partial charge on any atom is 0.247 e. The molecule has 6 amide bonds. The van der Waals surface area contributed by atoms with Crippen LogP contribution in [0, 0.1) is 11.8 Å². The van der Waals surface area contributed by atoms with E-state index >= 15 is 0 Å². The number of carbonyl (C=O) groups excluding carboxylic acids is 6. The van der Waals surface area contributed by atoms with Gasteiger partial charge in [0.2, 0.25) is 35.4 Å². The van der Waals surface area contributed by atoms with Crippen molar-refractivity contribution in [1.82, 2.24) is 31.1 Å². The number of nitrogens with one attached hydrogen (secondary N) is 6. The van der Waals surface area contributed by atoms with Gasteiger partial charge in [0.1, 0.15) is 30.2 Å². The highest BCUT2D eigenvalue weighted by Gasteiger charge is 2.43. The Balaban J connectivity index is 1.18. The molecule has 2 saturated heterocycles. The van der Waals surface area contributed by atoms with Crippen molar-refractivity contribution in [2.24, 2.45) is 11.8 Å². The van der Waals surface area contributed by atoms with Gasteiger partial charge >= 0.3 is 0 Å². The second-order valence-electron chi connectivity index (χ2n) is 17.2. The number of likely N-dealkylation sites (N-methyl/N-ethyl adjacent to an activating group) is 2. The average molecular weight is 839 g/mol. The molecule has 0 spiro atoms. The first-order valence-electron chi connectivity index (χ1n) is 22.5. The molecular weight excluding hydrogens is 773 g/mol. The smallest absolute Gasteiger partial charge is 0.247 e. The average Bonchev–Trinajstić information content (AvgIpc) is 4.00. The lowest BCUT2D eigenvalue weighted by atomic mass is 9.83. The summed E-state index contributed by atoms with van der Waals surface area (Å²) in [6, 6.07) is 10.7. The van der Waals surface area contributed by atoms with E-state index in [4.69, 9.17) is 0 Å². The minimum Gasteiger partial charge on any atom is -0.343 e. The largest absolute Gasteiger partial charge is 0.343 e. The molecule has 2 aromatic carbocycles. The second-order valence-corrected chi connectivity index (χ2v) is 17.2. The predicted molar refractivity (Wildman–Crippen MR) is 237 cm³/mol. The molecule has 0 radical (unpaired) electrons. The van der Waals surface area contributed by atoms with Crippen molar-refractivity contribution in [2.45, 2.75) is 133 Å². The highest BCUT2D eigenvalue weighted by atomic mass is 16.2. The lowest BCUT2D eigenvalue weighted by molar-refractivity contribution is -0.142. The molecule has 6 rings (SSSR count). The molecule has 14 heteroatoms. The molecule has 6 N–H and O–H groups in total. The summed E-state index contributed by atoms with van der Waals surface area (Å²) in [5.74, 6) is -1.66. The van der Waals surface area contributed by atoms with Crippen molar-refractivity contribution in [1.29, 1.82) is 0 Å². The Hall–Kier alpha value is -5.08. The minimum absolute atomic E-state index is 0.00747. The topological polar surface area (TPSA) is 181 Å². The van der Waals surface area contributed by atoms with Crippen LogP contribution in [0.3, 0.4) is 0 Å². The maximum atomic E-state index is 14.4. The van der Waals surface area contributed by atoms with Gasteiger partial charge in [-0.15, -0.1) is 6.58 Å². The first kappa shape index (κ1) is 45.4. The van der Waals surface area contributed by atoms with Gasteiger partial charge in [-0.1, -0.05) is 81.0 Å². The van der Waals surface area contributed by atoms with E-state index in [1.165, 1.54) is 6.08 Å². The normalized spacial score (nSPS) is 21.8. The summed E-state index contributed by atoms with van der Waals surface area (Å²) in [5, 5.41) is 18.2. The summed E-state index contributed by atoms with van der Waals surface area (Å²) in [6.07, 6.45) is 13.3. The van der Waals surface area contributed by atoms with E-state index < -0.39 is 36.3 Å². The summed E-state index contributed by atoms with van der Waals surface area (Å²) >= 11 is 0. The minimum atomic E-state index is -0.746. The first-order chi connectivity index (χ1) is 29.6. The third-order valence-corrected chi connectivity index (χ3v) is 13.4. The summed E-state index contributed by atoms with van der Waals surface area (Å²) in [7, 11) is 3.38. The lowest BCUT2D eigenvalue weighted by Gasteiger charge is -2.35. The van der Waals surface area contributed by atoms with Gasteiger partial charge in [-0.25, -0.2) is 0 Å². The molecule has 14 nitrogen and oxygen atoms in total. The molecule has 2 aromatic rings. The maximum absolute atomic E-state index is 14.4. The Labute approximate surface area is 360 Å². The number of nitrogens with zero attached hydrogens (tertiary/aromatic N) is 2. The fourth-order valence-electron chi connectivity index (χ4n) is 9.76. The van der Waals surface area contributed by atoms with E-state index in [2.05, 4.69) is 38.5 Å². The van der Waals surface area contributed by atoms with Gasteiger partial charge in [0.25, 0.3) is 0 Å². The molecule has 0 unspecified atom stereocenters. The van der Waals surface area contributed by atoms with Gasteiger partial charge in [0.05, 0.1) is 6.04 Å². The van der Waals surface area contributed by atoms with Gasteiger partial charge in [-0.05, 0) is 96.4 Å². The van der Waals surface area contributed by atoms with E-state index in [9.17, 15) is 28.8 Å². The Morgan fingerprint density at radius 1 is 0.590 bits per heavy atom. The lowest BCUT2D eigenvalue weighted by Crippen LogP contribution is -2.57. The Bertz CT molecular complexity index is 1890. The third kappa shape index (κ3) is 10.9. The zero-order valence-electron chi connectivity index (χ0n) is 36.2. The van der Waals surface area contributed by atoms with Crippen LogP contribution in [0.25, 0.3) is 11.1 Å². The van der Waals surface area contributed by atoms with E-state index in [-0.39, 0.29) is 47.3 Å². The number of likely N-dealkylation sites (tertiary alicyclic amines) is 2. The van der Waals surface area contributed by atoms with Crippen LogP contribution in [0.1, 0.15) is 96.8 Å². The fourth-order valence-corrected chi connectivity index (χ4v) is 9.76. The number of carbonyl (C=O) groups is 6. The molecule has 2 aliphatic carbocycles. The Morgan fingerprint density at radius 3 is 1.43 bits per heavy atom. The van der Waals surface area contributed by atoms with Crippen LogP contribution in [0.4, 0.5) is 11.4 Å². The van der Waals surface area contributed by atoms with Crippen LogP contribution >= 0.6 is 0 Å². The van der Waals surface area contributed by atoms with Crippen LogP contribution in [0.2, 0.25) is 0 Å². The van der Waals surface area contributed by atoms with Crippen molar-refractivity contribution >= 4 is 46.8 Å². The fraction of sp³-hybridized carbons (Fsp3) is 0.574. The quantitative estimate of drug-likeness (QED) is 0.131. The van der Waals surface area contributed by atoms with Crippen molar-refractivity contribution in [3.05, 3.63) is 61.2 Å². The number of hydrogen-bond donors (Lipinski definition) is 6. The number of anilines is 2. The highest BCUT2D eigenvalue weighted by Crippen LogP contribution is 2.36. The van der Waals surface area contributed by atoms with E-state index in [1.807, 2.05) is 36.4 Å². The number of hydrogen-bond acceptors (Lipinski definition) is 8. The van der Waals surface area contributed by atoms with Gasteiger partial charge in [0.15, 0.2) is 0 Å². The monoisotopic (exact) mass is 839 g/mol. The van der Waals surface area contributed by atoms with Crippen LogP contribution < -0.4 is 31.9 Å². The number of rotatable bonds is 16. The molecule has 2 saturated carbocycles. The van der Waals surface area contributed by atoms with Crippen LogP contribution in [-0.2, 0) is 28.8 Å². The van der Waals surface area contributed by atoms with Crippen molar-refractivity contribution in [3.63, 3.8) is 0 Å². The molecule has 6 atom stereocenters. The Morgan fingerprint density at radius 2 is 1.02 bits per heavy atom. The van der Waals surface area contributed by atoms with Gasteiger partial charge in [0, 0.05) is 35.6 Å². The van der Waals surface area contributed by atoms with Gasteiger partial charge in [-0.3, -0.25) is 28.8 Å². The SMILES string of the molecule is C=C[C@H](NC)C(=O)N[C@H](C(=O)N1CCC[C@H]1C(=O)Nc1ccccc1-c1ccccc1NC(=O)[C@@H]1CCCN1C(=O)[C@@H](NC(=O)[C@H](C)NC)C1CCCCC1)C1CCCCC1. The predicted octanol–water partition coefficient (Wildman–Crippen LogP) is 4.72. The highest BCUT2D eigenvalue weighted by molar-refractivity contribution is 6.05. The molecule has 2 heterocycles. The van der Waals surface area contributed by atoms with Gasteiger partial charge in [-0.2, -0.15) is 0 Å². The molecule has 4 aliphatic rings. The second kappa shape index (κ2) is 21.6. The standard InChI is InChI=1S/C47H66N8O6/c1-5-35(49-4)43(57)53-41(32-20-10-7-11-21-32)47(61)55-29-17-27-39(55)45(59)51-37-25-15-13-23-34(37)33-22-12-14-24-36(33)50-44(58)38-26-16-28-54(38)46(60)40(31-18-8-6-9-19-31)52-42(56)30(2)48-3/h5,12-15,22-25,30-32,35,38-41,48-49H,1,6-11,16-21,26-29H2,2-4H3,(H,50,58)(H,51,59)(H,52,56)(H,53,57)/t30-,35-,38-,39-,40-,41-/m0/s1. The number of para-hydroxylation sites is 2. The summed E-state index contributed by atoms with van der Waals surface area (Å²) in [6.45, 7) is 6.36. The van der Waals surface area contributed by atoms with Gasteiger partial charge < -0.3 is 41.7 Å². The van der Waals surface area contributed by atoms with Crippen LogP contribution in [0.5, 0.6) is 0 Å². The van der Waals surface area contributed by atoms with Crippen molar-refractivity contribution in [2.75, 3.05) is 37.8 Å². The number of amides is 6. The van der Waals surface area contributed by atoms with Crippen LogP contribution in [0.15, 0.2) is 61.2 Å². The summed E-state index contributed by atoms with van der Waals surface area (Å²) in [5.41, 5.74) is 2.40. The van der Waals surface area contributed by atoms with Crippen molar-refractivity contribution < 1.29 is 28.8 Å². The molecule has 0 bridgehead atoms. The summed E-state index contributed by atoms with van der Waals surface area (Å²) < 4.78 is 0. The third-order valence-electron chi connectivity index (χ3n) is 13.4. The molecular formula is C47H66N8O6. The first-order valence-corrected chi connectivity index (χ1v) is 22.5. The molecule has 0 aromatic heterocycles. The van der Waals surface area contributed by atoms with E-state index in [1.54, 1.807) is 43.0 Å². The zero-order chi connectivity index (χ0) is 43.5. The summed E-state index contributed by atoms with van der Waals surface area (Å²) in [4.78, 5) is 86.6. The molecule has 61 heavy (non-hydrogen) atoms.